The highest BCUT2D eigenvalue weighted by Crippen LogP contribution is 2.20. The third-order valence-electron chi connectivity index (χ3n) is 3.88. The Kier molecular flexibility index (Phi) is 4.66. The predicted octanol–water partition coefficient (Wildman–Crippen LogP) is 4.00. The molecule has 0 atom stereocenters. The van der Waals surface area contributed by atoms with E-state index >= 15 is 0 Å². The molecule has 1 amide bonds. The van der Waals surface area contributed by atoms with Crippen molar-refractivity contribution in [3.05, 3.63) is 78.5 Å². The van der Waals surface area contributed by atoms with E-state index in [1.807, 2.05) is 55.6 Å². The van der Waals surface area contributed by atoms with Gasteiger partial charge in [0.05, 0.1) is 5.56 Å². The highest BCUT2D eigenvalue weighted by Gasteiger charge is 2.16. The molecule has 4 nitrogen and oxygen atoms in total. The maximum Gasteiger partial charge on any atom is 0.256 e. The van der Waals surface area contributed by atoms with Crippen LogP contribution in [-0.2, 0) is 6.54 Å². The smallest absolute Gasteiger partial charge is 0.256 e. The second-order valence-corrected chi connectivity index (χ2v) is 5.65. The lowest BCUT2D eigenvalue weighted by molar-refractivity contribution is 0.0787. The molecule has 122 valence electrons. The highest BCUT2D eigenvalue weighted by molar-refractivity contribution is 6.06. The molecule has 24 heavy (non-hydrogen) atoms. The Hall–Kier alpha value is -3.01. The van der Waals surface area contributed by atoms with E-state index in [1.165, 1.54) is 0 Å². The first-order valence-electron chi connectivity index (χ1n) is 7.83. The molecule has 0 aliphatic heterocycles. The summed E-state index contributed by atoms with van der Waals surface area (Å²) in [5, 5.41) is 0.947. The van der Waals surface area contributed by atoms with Gasteiger partial charge in [0.25, 0.3) is 5.91 Å². The zero-order valence-corrected chi connectivity index (χ0v) is 13.7. The summed E-state index contributed by atoms with van der Waals surface area (Å²) >= 11 is 0. The van der Waals surface area contributed by atoms with E-state index in [1.54, 1.807) is 17.2 Å². The number of fused-ring (bicyclic) bond motifs is 1. The van der Waals surface area contributed by atoms with Crippen molar-refractivity contribution < 1.29 is 9.53 Å². The van der Waals surface area contributed by atoms with Gasteiger partial charge in [-0.15, -0.1) is 0 Å². The quantitative estimate of drug-likeness (QED) is 0.698. The number of ether oxygens (including phenoxy) is 1. The summed E-state index contributed by atoms with van der Waals surface area (Å²) < 4.78 is 5.47. The van der Waals surface area contributed by atoms with E-state index < -0.39 is 0 Å². The first-order chi connectivity index (χ1) is 11.7. The van der Waals surface area contributed by atoms with Crippen molar-refractivity contribution in [2.75, 3.05) is 13.7 Å². The van der Waals surface area contributed by atoms with Gasteiger partial charge in [-0.05, 0) is 23.8 Å². The summed E-state index contributed by atoms with van der Waals surface area (Å²) in [6, 6.07) is 15.6. The number of amides is 1. The number of benzene rings is 2. The van der Waals surface area contributed by atoms with Crippen molar-refractivity contribution in [3.8, 4) is 5.75 Å². The minimum absolute atomic E-state index is 0.000524. The van der Waals surface area contributed by atoms with Gasteiger partial charge in [-0.25, -0.2) is 0 Å². The Morgan fingerprint density at radius 1 is 1.21 bits per heavy atom. The van der Waals surface area contributed by atoms with Gasteiger partial charge in [-0.3, -0.25) is 4.79 Å². The minimum Gasteiger partial charge on any atom is -0.490 e. The lowest BCUT2D eigenvalue weighted by Gasteiger charge is -2.17. The Labute approximate surface area is 141 Å². The van der Waals surface area contributed by atoms with Gasteiger partial charge in [-0.1, -0.05) is 43.0 Å². The van der Waals surface area contributed by atoms with Crippen LogP contribution in [0, 0.1) is 0 Å². The largest absolute Gasteiger partial charge is 0.490 e. The minimum atomic E-state index is -0.000524. The molecule has 1 aromatic heterocycles. The predicted molar refractivity (Wildman–Crippen MR) is 96.2 cm³/mol. The lowest BCUT2D eigenvalue weighted by atomic mass is 10.1. The molecule has 0 saturated heterocycles. The molecule has 3 rings (SSSR count). The number of hydrogen-bond donors (Lipinski definition) is 1. The molecule has 0 radical (unpaired) electrons. The van der Waals surface area contributed by atoms with Crippen LogP contribution < -0.4 is 4.74 Å². The lowest BCUT2D eigenvalue weighted by Crippen LogP contribution is -2.25. The molecule has 0 unspecified atom stereocenters. The number of nitrogens with zero attached hydrogens (tertiary/aromatic N) is 1. The van der Waals surface area contributed by atoms with Crippen LogP contribution in [0.1, 0.15) is 15.9 Å². The number of H-pyrrole nitrogens is 1. The molecule has 0 aliphatic rings. The fourth-order valence-electron chi connectivity index (χ4n) is 2.65. The summed E-state index contributed by atoms with van der Waals surface area (Å²) in [6.45, 7) is 4.65. The number of nitrogens with one attached hydrogen (secondary N) is 1. The van der Waals surface area contributed by atoms with Crippen LogP contribution in [0.3, 0.4) is 0 Å². The third-order valence-corrected chi connectivity index (χ3v) is 3.88. The average Bonchev–Trinajstić information content (AvgIpc) is 3.04. The fraction of sp³-hybridized carbons (Fsp3) is 0.150. The SMILES string of the molecule is C=CCOc1ccc(CN(C)C(=O)c2c[nH]c3ccccc23)cc1. The summed E-state index contributed by atoms with van der Waals surface area (Å²) in [7, 11) is 1.81. The van der Waals surface area contributed by atoms with Crippen molar-refractivity contribution in [2.45, 2.75) is 6.54 Å². The van der Waals surface area contributed by atoms with Gasteiger partial charge in [-0.2, -0.15) is 0 Å². The Morgan fingerprint density at radius 2 is 1.96 bits per heavy atom. The van der Waals surface area contributed by atoms with Crippen molar-refractivity contribution in [2.24, 2.45) is 0 Å². The zero-order valence-electron chi connectivity index (χ0n) is 13.7. The monoisotopic (exact) mass is 320 g/mol. The molecule has 3 aromatic rings. The van der Waals surface area contributed by atoms with E-state index in [2.05, 4.69) is 11.6 Å². The zero-order chi connectivity index (χ0) is 16.9. The summed E-state index contributed by atoms with van der Waals surface area (Å²) in [5.41, 5.74) is 2.72. The van der Waals surface area contributed by atoms with Crippen LogP contribution >= 0.6 is 0 Å². The maximum absolute atomic E-state index is 12.7. The van der Waals surface area contributed by atoms with Gasteiger partial charge < -0.3 is 14.6 Å². The standard InChI is InChI=1S/C20H20N2O2/c1-3-12-24-16-10-8-15(9-11-16)14-22(2)20(23)18-13-21-19-7-5-4-6-17(18)19/h3-11,13,21H,1,12,14H2,2H3. The Balaban J connectivity index is 1.71. The van der Waals surface area contributed by atoms with Crippen molar-refractivity contribution in [1.82, 2.24) is 9.88 Å². The van der Waals surface area contributed by atoms with Gasteiger partial charge in [0, 0.05) is 30.7 Å². The average molecular weight is 320 g/mol. The van der Waals surface area contributed by atoms with Crippen molar-refractivity contribution in [3.63, 3.8) is 0 Å². The fourth-order valence-corrected chi connectivity index (χ4v) is 2.65. The molecule has 0 bridgehead atoms. The third kappa shape index (κ3) is 3.33. The van der Waals surface area contributed by atoms with Crippen LogP contribution in [0.15, 0.2) is 67.4 Å². The van der Waals surface area contributed by atoms with Crippen LogP contribution in [0.2, 0.25) is 0 Å². The van der Waals surface area contributed by atoms with Crippen LogP contribution in [-0.4, -0.2) is 29.4 Å². The molecule has 2 aromatic carbocycles. The molecule has 1 heterocycles. The first-order valence-corrected chi connectivity index (χ1v) is 7.83. The second-order valence-electron chi connectivity index (χ2n) is 5.65. The van der Waals surface area contributed by atoms with E-state index in [0.29, 0.717) is 18.7 Å². The second kappa shape index (κ2) is 7.04. The molecule has 0 aliphatic carbocycles. The van der Waals surface area contributed by atoms with Gasteiger partial charge >= 0.3 is 0 Å². The number of carbonyl (C=O) groups excluding carboxylic acids is 1. The number of hydrogen-bond acceptors (Lipinski definition) is 2. The summed E-state index contributed by atoms with van der Waals surface area (Å²) in [6.07, 6.45) is 3.48. The van der Waals surface area contributed by atoms with Crippen LogP contribution in [0.5, 0.6) is 5.75 Å². The molecular weight excluding hydrogens is 300 g/mol. The molecule has 4 heteroatoms. The molecule has 0 saturated carbocycles. The van der Waals surface area contributed by atoms with E-state index in [9.17, 15) is 4.79 Å². The van der Waals surface area contributed by atoms with Gasteiger partial charge in [0.15, 0.2) is 0 Å². The van der Waals surface area contributed by atoms with Crippen molar-refractivity contribution >= 4 is 16.8 Å². The number of para-hydroxylation sites is 1. The Bertz CT molecular complexity index is 849. The number of rotatable bonds is 6. The van der Waals surface area contributed by atoms with E-state index in [0.717, 1.165) is 22.2 Å². The van der Waals surface area contributed by atoms with Crippen LogP contribution in [0.25, 0.3) is 10.9 Å². The van der Waals surface area contributed by atoms with Gasteiger partial charge in [0.2, 0.25) is 0 Å². The summed E-state index contributed by atoms with van der Waals surface area (Å²) in [5.74, 6) is 0.795. The Morgan fingerprint density at radius 3 is 2.71 bits per heavy atom. The molecule has 0 spiro atoms. The van der Waals surface area contributed by atoms with Gasteiger partial charge in [0.1, 0.15) is 12.4 Å². The highest BCUT2D eigenvalue weighted by atomic mass is 16.5. The number of aromatic amines is 1. The van der Waals surface area contributed by atoms with E-state index in [4.69, 9.17) is 4.74 Å². The molecule has 0 fully saturated rings. The van der Waals surface area contributed by atoms with Crippen LogP contribution in [0.4, 0.5) is 0 Å². The normalized spacial score (nSPS) is 10.5. The van der Waals surface area contributed by atoms with Crippen molar-refractivity contribution in [1.29, 1.82) is 0 Å². The number of aromatic nitrogens is 1. The maximum atomic E-state index is 12.7. The first kappa shape index (κ1) is 15.9. The number of carbonyl (C=O) groups is 1. The van der Waals surface area contributed by atoms with E-state index in [-0.39, 0.29) is 5.91 Å². The molecule has 1 N–H and O–H groups in total. The topological polar surface area (TPSA) is 45.3 Å². The summed E-state index contributed by atoms with van der Waals surface area (Å²) in [4.78, 5) is 17.6. The molecular formula is C20H20N2O2.